The minimum atomic E-state index is -4.14. The Morgan fingerprint density at radius 3 is 2.63 bits per heavy atom. The van der Waals surface area contributed by atoms with Crippen molar-refractivity contribution in [3.05, 3.63) is 29.6 Å². The minimum Gasteiger partial charge on any atom is -0.307 e. The second-order valence-electron chi connectivity index (χ2n) is 4.43. The number of nitrogens with zero attached hydrogens (tertiary/aromatic N) is 2. The smallest absolute Gasteiger partial charge is 0.307 e. The average molecular weight is 275 g/mol. The molecule has 0 saturated heterocycles. The Labute approximate surface area is 111 Å². The van der Waals surface area contributed by atoms with Crippen molar-refractivity contribution in [3.8, 4) is 0 Å². The molecular weight excluding hydrogens is 255 g/mol. The van der Waals surface area contributed by atoms with E-state index in [-0.39, 0.29) is 0 Å². The van der Waals surface area contributed by atoms with Gasteiger partial charge in [-0.2, -0.15) is 13.2 Å². The van der Waals surface area contributed by atoms with E-state index < -0.39 is 12.7 Å². The zero-order valence-corrected chi connectivity index (χ0v) is 11.3. The molecule has 3 nitrogen and oxygen atoms in total. The highest BCUT2D eigenvalue weighted by atomic mass is 19.4. The van der Waals surface area contributed by atoms with Crippen molar-refractivity contribution in [2.75, 3.05) is 26.2 Å². The number of aromatic nitrogens is 1. The lowest BCUT2D eigenvalue weighted by molar-refractivity contribution is -0.124. The summed E-state index contributed by atoms with van der Waals surface area (Å²) >= 11 is 0. The van der Waals surface area contributed by atoms with Crippen LogP contribution in [0.3, 0.4) is 0 Å². The highest BCUT2D eigenvalue weighted by molar-refractivity contribution is 5.09. The molecule has 6 heteroatoms. The van der Waals surface area contributed by atoms with E-state index in [0.717, 1.165) is 17.9 Å². The number of rotatable bonds is 7. The molecule has 0 spiro atoms. The first-order chi connectivity index (χ1) is 8.90. The number of hydrogen-bond donors (Lipinski definition) is 1. The van der Waals surface area contributed by atoms with E-state index in [9.17, 15) is 13.2 Å². The first-order valence-electron chi connectivity index (χ1n) is 6.33. The van der Waals surface area contributed by atoms with Crippen molar-refractivity contribution in [1.29, 1.82) is 0 Å². The summed E-state index contributed by atoms with van der Waals surface area (Å²) in [4.78, 5) is 6.45. The molecule has 0 aliphatic rings. The number of nitrogens with one attached hydrogen (secondary N) is 1. The van der Waals surface area contributed by atoms with Crippen LogP contribution in [-0.4, -0.2) is 42.2 Å². The van der Waals surface area contributed by atoms with Gasteiger partial charge in [-0.25, -0.2) is 0 Å². The molecule has 0 aliphatic heterocycles. The maximum atomic E-state index is 12.0. The van der Waals surface area contributed by atoms with Crippen LogP contribution in [0.15, 0.2) is 18.2 Å². The summed E-state index contributed by atoms with van der Waals surface area (Å²) < 4.78 is 35.9. The van der Waals surface area contributed by atoms with Gasteiger partial charge in [-0.15, -0.1) is 0 Å². The van der Waals surface area contributed by atoms with Crippen molar-refractivity contribution in [2.45, 2.75) is 26.6 Å². The number of pyridine rings is 1. The van der Waals surface area contributed by atoms with Crippen LogP contribution >= 0.6 is 0 Å². The van der Waals surface area contributed by atoms with Gasteiger partial charge in [-0.05, 0) is 25.6 Å². The summed E-state index contributed by atoms with van der Waals surface area (Å²) in [5, 5.41) is 2.40. The highest BCUT2D eigenvalue weighted by Gasteiger charge is 2.25. The van der Waals surface area contributed by atoms with Gasteiger partial charge in [0.2, 0.25) is 0 Å². The Hall–Kier alpha value is -1.14. The van der Waals surface area contributed by atoms with Crippen molar-refractivity contribution in [1.82, 2.24) is 15.2 Å². The van der Waals surface area contributed by atoms with Crippen LogP contribution < -0.4 is 5.32 Å². The van der Waals surface area contributed by atoms with E-state index in [1.807, 2.05) is 32.0 Å². The van der Waals surface area contributed by atoms with Crippen LogP contribution in [0.1, 0.15) is 18.3 Å². The second kappa shape index (κ2) is 7.45. The fraction of sp³-hybridized carbons (Fsp3) is 0.615. The molecule has 0 aliphatic carbocycles. The van der Waals surface area contributed by atoms with Gasteiger partial charge in [-0.1, -0.05) is 13.0 Å². The summed E-state index contributed by atoms with van der Waals surface area (Å²) in [5.41, 5.74) is 1.89. The lowest BCUT2D eigenvalue weighted by Crippen LogP contribution is -2.36. The van der Waals surface area contributed by atoms with Gasteiger partial charge in [0.15, 0.2) is 0 Å². The number of halogens is 3. The third kappa shape index (κ3) is 7.12. The monoisotopic (exact) mass is 275 g/mol. The van der Waals surface area contributed by atoms with E-state index in [1.54, 1.807) is 0 Å². The normalized spacial score (nSPS) is 12.1. The number of hydrogen-bond acceptors (Lipinski definition) is 3. The number of alkyl halides is 3. The van der Waals surface area contributed by atoms with E-state index in [2.05, 4.69) is 15.2 Å². The Kier molecular flexibility index (Phi) is 6.24. The summed E-state index contributed by atoms with van der Waals surface area (Å²) in [6.45, 7) is 5.30. The molecule has 1 heterocycles. The molecule has 0 amide bonds. The third-order valence-electron chi connectivity index (χ3n) is 2.71. The third-order valence-corrected chi connectivity index (χ3v) is 2.71. The molecule has 1 aromatic heterocycles. The predicted octanol–water partition coefficient (Wildman–Crippen LogP) is 2.36. The summed E-state index contributed by atoms with van der Waals surface area (Å²) in [6, 6.07) is 5.79. The molecule has 0 bridgehead atoms. The van der Waals surface area contributed by atoms with Crippen molar-refractivity contribution in [3.63, 3.8) is 0 Å². The molecule has 108 valence electrons. The fourth-order valence-corrected chi connectivity index (χ4v) is 1.73. The van der Waals surface area contributed by atoms with Gasteiger partial charge in [0.25, 0.3) is 0 Å². The maximum absolute atomic E-state index is 12.0. The molecule has 19 heavy (non-hydrogen) atoms. The van der Waals surface area contributed by atoms with Crippen LogP contribution in [0.4, 0.5) is 13.2 Å². The Balaban J connectivity index is 2.34. The first-order valence-corrected chi connectivity index (χ1v) is 6.33. The van der Waals surface area contributed by atoms with Crippen LogP contribution in [0, 0.1) is 6.92 Å². The van der Waals surface area contributed by atoms with Gasteiger partial charge >= 0.3 is 6.18 Å². The van der Waals surface area contributed by atoms with E-state index >= 15 is 0 Å². The van der Waals surface area contributed by atoms with E-state index in [4.69, 9.17) is 0 Å². The predicted molar refractivity (Wildman–Crippen MR) is 68.8 cm³/mol. The van der Waals surface area contributed by atoms with Gasteiger partial charge in [0, 0.05) is 25.3 Å². The summed E-state index contributed by atoms with van der Waals surface area (Å²) in [6.07, 6.45) is -4.14. The largest absolute Gasteiger partial charge is 0.401 e. The molecule has 0 atom stereocenters. The Morgan fingerprint density at radius 1 is 1.32 bits per heavy atom. The van der Waals surface area contributed by atoms with Crippen LogP contribution in [0.25, 0.3) is 0 Å². The molecule has 0 unspecified atom stereocenters. The molecule has 0 radical (unpaired) electrons. The molecule has 0 fully saturated rings. The van der Waals surface area contributed by atoms with E-state index in [0.29, 0.717) is 19.6 Å². The summed E-state index contributed by atoms with van der Waals surface area (Å²) in [5.74, 6) is 0. The SMILES string of the molecule is CCN(CCNCC(F)(F)F)Cc1cccc(C)n1. The molecule has 0 saturated carbocycles. The maximum Gasteiger partial charge on any atom is 0.401 e. The Morgan fingerprint density at radius 2 is 2.05 bits per heavy atom. The number of aryl methyl sites for hydroxylation is 1. The van der Waals surface area contributed by atoms with Crippen molar-refractivity contribution >= 4 is 0 Å². The standard InChI is InChI=1S/C13H20F3N3/c1-3-19(8-7-17-10-13(14,15)16)9-12-6-4-5-11(2)18-12/h4-6,17H,3,7-10H2,1-2H3. The lowest BCUT2D eigenvalue weighted by Gasteiger charge is -2.20. The molecule has 0 aromatic carbocycles. The summed E-state index contributed by atoms with van der Waals surface area (Å²) in [7, 11) is 0. The highest BCUT2D eigenvalue weighted by Crippen LogP contribution is 2.11. The van der Waals surface area contributed by atoms with Gasteiger partial charge < -0.3 is 5.32 Å². The Bertz CT molecular complexity index is 380. The lowest BCUT2D eigenvalue weighted by atomic mass is 10.3. The number of likely N-dealkylation sites (N-methyl/N-ethyl adjacent to an activating group) is 1. The fourth-order valence-electron chi connectivity index (χ4n) is 1.73. The van der Waals surface area contributed by atoms with Crippen molar-refractivity contribution < 1.29 is 13.2 Å². The quantitative estimate of drug-likeness (QED) is 0.774. The van der Waals surface area contributed by atoms with Crippen LogP contribution in [-0.2, 0) is 6.54 Å². The molecule has 1 N–H and O–H groups in total. The first kappa shape index (κ1) is 15.9. The minimum absolute atomic E-state index is 0.319. The van der Waals surface area contributed by atoms with Gasteiger partial charge in [0.05, 0.1) is 12.2 Å². The topological polar surface area (TPSA) is 28.2 Å². The van der Waals surface area contributed by atoms with Crippen molar-refractivity contribution in [2.24, 2.45) is 0 Å². The van der Waals surface area contributed by atoms with Gasteiger partial charge in [0.1, 0.15) is 0 Å². The average Bonchev–Trinajstić information content (AvgIpc) is 2.32. The molecule has 1 rings (SSSR count). The zero-order chi connectivity index (χ0) is 14.3. The van der Waals surface area contributed by atoms with Gasteiger partial charge in [-0.3, -0.25) is 9.88 Å². The zero-order valence-electron chi connectivity index (χ0n) is 11.3. The van der Waals surface area contributed by atoms with Crippen LogP contribution in [0.2, 0.25) is 0 Å². The molecular formula is C13H20F3N3. The van der Waals surface area contributed by atoms with Crippen LogP contribution in [0.5, 0.6) is 0 Å². The van der Waals surface area contributed by atoms with E-state index in [1.165, 1.54) is 0 Å². The second-order valence-corrected chi connectivity index (χ2v) is 4.43. The molecule has 1 aromatic rings.